The highest BCUT2D eigenvalue weighted by Crippen LogP contribution is 2.43. The first-order chi connectivity index (χ1) is 15.4. The van der Waals surface area contributed by atoms with E-state index in [9.17, 15) is 4.79 Å². The summed E-state index contributed by atoms with van der Waals surface area (Å²) in [6.07, 6.45) is 6.38. The number of amides is 1. The Bertz CT molecular complexity index is 906. The van der Waals surface area contributed by atoms with Crippen molar-refractivity contribution in [3.8, 4) is 0 Å². The van der Waals surface area contributed by atoms with Crippen molar-refractivity contribution in [2.24, 2.45) is 21.5 Å². The zero-order valence-electron chi connectivity index (χ0n) is 18.5. The fourth-order valence-corrected chi connectivity index (χ4v) is 5.09. The maximum atomic E-state index is 12.0. The van der Waals surface area contributed by atoms with E-state index in [1.807, 2.05) is 30.0 Å². The van der Waals surface area contributed by atoms with Gasteiger partial charge in [-0.2, -0.15) is 4.99 Å². The van der Waals surface area contributed by atoms with Gasteiger partial charge in [0.1, 0.15) is 5.66 Å². The molecule has 0 bridgehead atoms. The largest absolute Gasteiger partial charge is 0.450 e. The van der Waals surface area contributed by atoms with Crippen LogP contribution in [0.5, 0.6) is 0 Å². The number of carbonyl (C=O) groups excluding carboxylic acids is 1. The van der Waals surface area contributed by atoms with Gasteiger partial charge >= 0.3 is 6.09 Å². The van der Waals surface area contributed by atoms with E-state index >= 15 is 0 Å². The predicted octanol–water partition coefficient (Wildman–Crippen LogP) is 3.48. The third-order valence-corrected chi connectivity index (χ3v) is 6.67. The Morgan fingerprint density at radius 3 is 2.66 bits per heavy atom. The Hall–Kier alpha value is -2.68. The summed E-state index contributed by atoms with van der Waals surface area (Å²) in [5.41, 5.74) is 13.7. The van der Waals surface area contributed by atoms with Gasteiger partial charge in [0.2, 0.25) is 11.9 Å². The molecular weight excluding hydrogens is 430 g/mol. The molecule has 2 fully saturated rings. The molecule has 1 aromatic rings. The molecule has 5 N–H and O–H groups in total. The highest BCUT2D eigenvalue weighted by atomic mass is 35.5. The van der Waals surface area contributed by atoms with Crippen molar-refractivity contribution >= 4 is 41.0 Å². The van der Waals surface area contributed by atoms with Crippen molar-refractivity contribution in [3.63, 3.8) is 0 Å². The lowest BCUT2D eigenvalue weighted by Gasteiger charge is -2.46. The van der Waals surface area contributed by atoms with Crippen molar-refractivity contribution in [2.45, 2.75) is 63.6 Å². The predicted molar refractivity (Wildman–Crippen MR) is 128 cm³/mol. The van der Waals surface area contributed by atoms with Crippen molar-refractivity contribution in [2.75, 3.05) is 29.9 Å². The first-order valence-corrected chi connectivity index (χ1v) is 11.8. The summed E-state index contributed by atoms with van der Waals surface area (Å²) in [6, 6.07) is 5.96. The molecule has 3 aliphatic rings. The second-order valence-electron chi connectivity index (χ2n) is 8.58. The molecule has 32 heavy (non-hydrogen) atoms. The molecule has 10 heteroatoms. The quantitative estimate of drug-likeness (QED) is 0.631. The molecule has 9 nitrogen and oxygen atoms in total. The number of carbonyl (C=O) groups is 1. The lowest BCUT2D eigenvalue weighted by molar-refractivity contribution is 0.0983. The zero-order chi connectivity index (χ0) is 22.7. The molecular formula is C22H32ClN7O2. The maximum absolute atomic E-state index is 12.0. The van der Waals surface area contributed by atoms with Crippen molar-refractivity contribution < 1.29 is 9.53 Å². The Labute approximate surface area is 193 Å². The van der Waals surface area contributed by atoms with Gasteiger partial charge in [0.25, 0.3) is 0 Å². The highest BCUT2D eigenvalue weighted by molar-refractivity contribution is 6.31. The van der Waals surface area contributed by atoms with Crippen LogP contribution in [-0.2, 0) is 4.74 Å². The number of anilines is 2. The fraction of sp³-hybridized carbons (Fsp3) is 0.591. The minimum absolute atomic E-state index is 0.208. The molecule has 1 saturated carbocycles. The van der Waals surface area contributed by atoms with Gasteiger partial charge in [-0.25, -0.2) is 9.79 Å². The number of nitrogens with two attached hydrogens (primary N) is 2. The molecule has 4 rings (SSSR count). The van der Waals surface area contributed by atoms with E-state index in [-0.39, 0.29) is 18.1 Å². The van der Waals surface area contributed by atoms with E-state index in [2.05, 4.69) is 10.3 Å². The average molecular weight is 462 g/mol. The Morgan fingerprint density at radius 1 is 1.25 bits per heavy atom. The van der Waals surface area contributed by atoms with Crippen molar-refractivity contribution in [1.82, 2.24) is 4.90 Å². The molecule has 1 amide bonds. The SMILES string of the molecule is CCOC(=O)N1CCC(Nc2ccc(Cl)cc2N2C(N)=NC(N)=NC23CCCCC3)CC1. The molecule has 1 spiro atoms. The zero-order valence-corrected chi connectivity index (χ0v) is 19.3. The fourth-order valence-electron chi connectivity index (χ4n) is 4.92. The smallest absolute Gasteiger partial charge is 0.409 e. The minimum atomic E-state index is -0.539. The van der Waals surface area contributed by atoms with Crippen LogP contribution >= 0.6 is 11.6 Å². The standard InChI is InChI=1S/C22H32ClN7O2/c1-2-32-21(31)29-12-8-16(9-13-29)26-17-7-6-15(23)14-18(17)30-20(25)27-19(24)28-22(30)10-4-3-5-11-22/h6-7,14,16,26H,2-5,8-13H2,1H3,(H4,24,25,27,28). The monoisotopic (exact) mass is 461 g/mol. The number of nitrogens with one attached hydrogen (secondary N) is 1. The molecule has 1 aromatic carbocycles. The Morgan fingerprint density at radius 2 is 1.97 bits per heavy atom. The third-order valence-electron chi connectivity index (χ3n) is 6.43. The lowest BCUT2D eigenvalue weighted by Crippen LogP contribution is -2.58. The summed E-state index contributed by atoms with van der Waals surface area (Å²) in [7, 11) is 0. The van der Waals surface area contributed by atoms with Gasteiger partial charge in [-0.05, 0) is 63.6 Å². The van der Waals surface area contributed by atoms with Gasteiger partial charge in [0.15, 0.2) is 0 Å². The number of hydrogen-bond acceptors (Lipinski definition) is 8. The molecule has 0 radical (unpaired) electrons. The maximum Gasteiger partial charge on any atom is 0.409 e. The van der Waals surface area contributed by atoms with Gasteiger partial charge < -0.3 is 26.4 Å². The van der Waals surface area contributed by atoms with Crippen LogP contribution in [0, 0.1) is 0 Å². The van der Waals surface area contributed by atoms with Crippen LogP contribution in [0.4, 0.5) is 16.2 Å². The van der Waals surface area contributed by atoms with Crippen molar-refractivity contribution in [1.29, 1.82) is 0 Å². The number of likely N-dealkylation sites (tertiary alicyclic amines) is 1. The molecule has 2 heterocycles. The summed E-state index contributed by atoms with van der Waals surface area (Å²) in [5.74, 6) is 0.561. The molecule has 1 saturated heterocycles. The Balaban J connectivity index is 1.58. The molecule has 1 aliphatic carbocycles. The second kappa shape index (κ2) is 9.44. The summed E-state index contributed by atoms with van der Waals surface area (Å²) in [5, 5.41) is 4.26. The topological polar surface area (TPSA) is 122 Å². The van der Waals surface area contributed by atoms with E-state index in [0.29, 0.717) is 30.7 Å². The van der Waals surface area contributed by atoms with E-state index in [1.54, 1.807) is 4.90 Å². The van der Waals surface area contributed by atoms with Gasteiger partial charge in [0.05, 0.1) is 18.0 Å². The first-order valence-electron chi connectivity index (χ1n) is 11.4. The third kappa shape index (κ3) is 4.57. The van der Waals surface area contributed by atoms with Gasteiger partial charge in [-0.15, -0.1) is 0 Å². The Kier molecular flexibility index (Phi) is 6.64. The number of nitrogens with zero attached hydrogens (tertiary/aromatic N) is 4. The number of rotatable bonds is 4. The number of ether oxygens (including phenoxy) is 1. The number of piperidine rings is 1. The number of guanidine groups is 2. The number of halogens is 1. The second-order valence-corrected chi connectivity index (χ2v) is 9.02. The van der Waals surface area contributed by atoms with Crippen LogP contribution in [0.3, 0.4) is 0 Å². The highest BCUT2D eigenvalue weighted by Gasteiger charge is 2.43. The minimum Gasteiger partial charge on any atom is -0.450 e. The summed E-state index contributed by atoms with van der Waals surface area (Å²) < 4.78 is 5.13. The first kappa shape index (κ1) is 22.5. The number of hydrogen-bond donors (Lipinski definition) is 3. The normalized spacial score (nSPS) is 21.2. The van der Waals surface area contributed by atoms with Crippen molar-refractivity contribution in [3.05, 3.63) is 23.2 Å². The van der Waals surface area contributed by atoms with Gasteiger partial charge in [-0.3, -0.25) is 4.90 Å². The van der Waals surface area contributed by atoms with E-state index in [4.69, 9.17) is 32.8 Å². The number of aliphatic imine (C=N–C) groups is 2. The van der Waals surface area contributed by atoms with E-state index in [0.717, 1.165) is 49.9 Å². The van der Waals surface area contributed by atoms with Crippen LogP contribution in [0.25, 0.3) is 0 Å². The average Bonchev–Trinajstić information content (AvgIpc) is 2.76. The summed E-state index contributed by atoms with van der Waals surface area (Å²) >= 11 is 6.41. The van der Waals surface area contributed by atoms with E-state index in [1.165, 1.54) is 6.42 Å². The van der Waals surface area contributed by atoms with E-state index < -0.39 is 5.66 Å². The van der Waals surface area contributed by atoms with Crippen LogP contribution in [0.1, 0.15) is 51.9 Å². The molecule has 2 aliphatic heterocycles. The summed E-state index contributed by atoms with van der Waals surface area (Å²) in [4.78, 5) is 24.8. The number of benzene rings is 1. The van der Waals surface area contributed by atoms with Crippen LogP contribution in [0.2, 0.25) is 5.02 Å². The molecule has 0 atom stereocenters. The molecule has 174 valence electrons. The van der Waals surface area contributed by atoms with Gasteiger partial charge in [-0.1, -0.05) is 18.0 Å². The molecule has 0 aromatic heterocycles. The van der Waals surface area contributed by atoms with Gasteiger partial charge in [0, 0.05) is 24.2 Å². The lowest BCUT2D eigenvalue weighted by atomic mass is 9.87. The summed E-state index contributed by atoms with van der Waals surface area (Å²) in [6.45, 7) is 3.51. The van der Waals surface area contributed by atoms with Crippen LogP contribution in [0.15, 0.2) is 28.2 Å². The van der Waals surface area contributed by atoms with Crippen LogP contribution in [-0.4, -0.2) is 54.3 Å². The molecule has 0 unspecified atom stereocenters. The van der Waals surface area contributed by atoms with Crippen LogP contribution < -0.4 is 21.7 Å².